The second-order valence-electron chi connectivity index (χ2n) is 3.07. The van der Waals surface area contributed by atoms with E-state index in [0.29, 0.717) is 20.9 Å². The van der Waals surface area contributed by atoms with Crippen molar-refractivity contribution in [3.8, 4) is 0 Å². The number of hydrogen-bond acceptors (Lipinski definition) is 2. The van der Waals surface area contributed by atoms with Gasteiger partial charge in [-0.3, -0.25) is 4.79 Å². The highest BCUT2D eigenvalue weighted by Gasteiger charge is 2.12. The fourth-order valence-corrected chi connectivity index (χ4v) is 1.73. The van der Waals surface area contributed by atoms with Crippen molar-refractivity contribution in [1.29, 1.82) is 0 Å². The molecular formula is C11H7BrClNO2. The first-order chi connectivity index (χ1) is 7.66. The zero-order valence-electron chi connectivity index (χ0n) is 8.04. The predicted octanol–water partition coefficient (Wildman–Crippen LogP) is 3.95. The SMILES string of the molecule is O=C(Nc1ccc(Cl)cc1)c1ccoc1Br. The van der Waals surface area contributed by atoms with Gasteiger partial charge in [-0.25, -0.2) is 0 Å². The molecule has 0 fully saturated rings. The molecule has 0 atom stereocenters. The lowest BCUT2D eigenvalue weighted by Crippen LogP contribution is -2.11. The first-order valence-corrected chi connectivity index (χ1v) is 5.64. The summed E-state index contributed by atoms with van der Waals surface area (Å²) in [5.74, 6) is -0.233. The van der Waals surface area contributed by atoms with Crippen LogP contribution in [0.25, 0.3) is 0 Å². The van der Waals surface area contributed by atoms with Crippen LogP contribution >= 0.6 is 27.5 Å². The number of benzene rings is 1. The average molecular weight is 301 g/mol. The third-order valence-corrected chi connectivity index (χ3v) is 2.83. The van der Waals surface area contributed by atoms with Crippen LogP contribution in [0.15, 0.2) is 45.7 Å². The van der Waals surface area contributed by atoms with E-state index in [4.69, 9.17) is 16.0 Å². The lowest BCUT2D eigenvalue weighted by atomic mass is 10.3. The number of amides is 1. The quantitative estimate of drug-likeness (QED) is 0.912. The molecule has 2 rings (SSSR count). The molecule has 1 heterocycles. The lowest BCUT2D eigenvalue weighted by molar-refractivity contribution is 0.102. The maximum absolute atomic E-state index is 11.7. The first-order valence-electron chi connectivity index (χ1n) is 4.47. The molecule has 0 radical (unpaired) electrons. The maximum Gasteiger partial charge on any atom is 0.260 e. The van der Waals surface area contributed by atoms with Crippen LogP contribution in [0.3, 0.4) is 0 Å². The second-order valence-corrected chi connectivity index (χ2v) is 4.23. The van der Waals surface area contributed by atoms with Crippen molar-refractivity contribution < 1.29 is 9.21 Å². The highest BCUT2D eigenvalue weighted by molar-refractivity contribution is 9.10. The van der Waals surface area contributed by atoms with Gasteiger partial charge in [0.15, 0.2) is 4.67 Å². The van der Waals surface area contributed by atoms with E-state index in [1.165, 1.54) is 6.26 Å². The Morgan fingerprint density at radius 3 is 2.50 bits per heavy atom. The number of halogens is 2. The summed E-state index contributed by atoms with van der Waals surface area (Å²) >= 11 is 8.88. The largest absolute Gasteiger partial charge is 0.457 e. The molecule has 5 heteroatoms. The van der Waals surface area contributed by atoms with Crippen LogP contribution in [0.5, 0.6) is 0 Å². The van der Waals surface area contributed by atoms with E-state index < -0.39 is 0 Å². The van der Waals surface area contributed by atoms with Gasteiger partial charge in [0.1, 0.15) is 0 Å². The normalized spacial score (nSPS) is 10.1. The van der Waals surface area contributed by atoms with E-state index in [9.17, 15) is 4.79 Å². The third kappa shape index (κ3) is 2.46. The van der Waals surface area contributed by atoms with E-state index in [1.54, 1.807) is 30.3 Å². The topological polar surface area (TPSA) is 42.2 Å². The van der Waals surface area contributed by atoms with Crippen molar-refractivity contribution in [2.24, 2.45) is 0 Å². The Morgan fingerprint density at radius 2 is 1.94 bits per heavy atom. The van der Waals surface area contributed by atoms with Crippen LogP contribution in [0.1, 0.15) is 10.4 Å². The summed E-state index contributed by atoms with van der Waals surface area (Å²) in [6.07, 6.45) is 1.45. The van der Waals surface area contributed by atoms with Gasteiger partial charge in [0.25, 0.3) is 5.91 Å². The van der Waals surface area contributed by atoms with E-state index >= 15 is 0 Å². The summed E-state index contributed by atoms with van der Waals surface area (Å²) in [7, 11) is 0. The molecule has 2 aromatic rings. The third-order valence-electron chi connectivity index (χ3n) is 1.96. The number of anilines is 1. The van der Waals surface area contributed by atoms with Crippen LogP contribution in [0.4, 0.5) is 5.69 Å². The van der Waals surface area contributed by atoms with Crippen molar-refractivity contribution in [3.63, 3.8) is 0 Å². The van der Waals surface area contributed by atoms with Crippen LogP contribution in [0.2, 0.25) is 5.02 Å². The molecule has 82 valence electrons. The summed E-state index contributed by atoms with van der Waals surface area (Å²) in [5.41, 5.74) is 1.14. The van der Waals surface area contributed by atoms with Crippen molar-refractivity contribution >= 4 is 39.1 Å². The number of carbonyl (C=O) groups is 1. The number of nitrogens with one attached hydrogen (secondary N) is 1. The van der Waals surface area contributed by atoms with Crippen molar-refractivity contribution in [1.82, 2.24) is 0 Å². The highest BCUT2D eigenvalue weighted by atomic mass is 79.9. The van der Waals surface area contributed by atoms with Gasteiger partial charge in [-0.1, -0.05) is 11.6 Å². The molecule has 0 aliphatic rings. The van der Waals surface area contributed by atoms with Gasteiger partial charge in [-0.15, -0.1) is 0 Å². The molecule has 0 spiro atoms. The number of carbonyl (C=O) groups excluding carboxylic acids is 1. The molecule has 0 saturated heterocycles. The van der Waals surface area contributed by atoms with Crippen molar-refractivity contribution in [2.45, 2.75) is 0 Å². The average Bonchev–Trinajstić information content (AvgIpc) is 2.68. The summed E-state index contributed by atoms with van der Waals surface area (Å²) < 4.78 is 5.39. The zero-order chi connectivity index (χ0) is 11.5. The van der Waals surface area contributed by atoms with Crippen LogP contribution < -0.4 is 5.32 Å². The minimum absolute atomic E-state index is 0.233. The zero-order valence-corrected chi connectivity index (χ0v) is 10.4. The Hall–Kier alpha value is -1.26. The fourth-order valence-electron chi connectivity index (χ4n) is 1.19. The minimum atomic E-state index is -0.233. The molecule has 3 nitrogen and oxygen atoms in total. The van der Waals surface area contributed by atoms with Crippen LogP contribution in [-0.2, 0) is 0 Å². The number of hydrogen-bond donors (Lipinski definition) is 1. The molecule has 1 amide bonds. The molecule has 0 aliphatic carbocycles. The molecule has 1 aromatic carbocycles. The monoisotopic (exact) mass is 299 g/mol. The van der Waals surface area contributed by atoms with Gasteiger partial charge >= 0.3 is 0 Å². The summed E-state index contributed by atoms with van der Waals surface area (Å²) in [4.78, 5) is 11.7. The standard InChI is InChI=1S/C11H7BrClNO2/c12-10-9(5-6-16-10)11(15)14-8-3-1-7(13)2-4-8/h1-6H,(H,14,15). The minimum Gasteiger partial charge on any atom is -0.457 e. The Kier molecular flexibility index (Phi) is 3.31. The molecule has 1 N–H and O–H groups in total. The smallest absolute Gasteiger partial charge is 0.260 e. The summed E-state index contributed by atoms with van der Waals surface area (Å²) in [6, 6.07) is 8.47. The van der Waals surface area contributed by atoms with E-state index in [-0.39, 0.29) is 5.91 Å². The lowest BCUT2D eigenvalue weighted by Gasteiger charge is -2.03. The Labute approximate surface area is 106 Å². The molecule has 16 heavy (non-hydrogen) atoms. The van der Waals surface area contributed by atoms with E-state index in [0.717, 1.165) is 0 Å². The predicted molar refractivity (Wildman–Crippen MR) is 65.8 cm³/mol. The van der Waals surface area contributed by atoms with Crippen LogP contribution in [0, 0.1) is 0 Å². The van der Waals surface area contributed by atoms with Crippen molar-refractivity contribution in [3.05, 3.63) is 51.9 Å². The van der Waals surface area contributed by atoms with Gasteiger partial charge in [0, 0.05) is 10.7 Å². The molecule has 0 unspecified atom stereocenters. The van der Waals surface area contributed by atoms with Crippen LogP contribution in [-0.4, -0.2) is 5.91 Å². The summed E-state index contributed by atoms with van der Waals surface area (Å²) in [6.45, 7) is 0. The molecule has 1 aromatic heterocycles. The number of rotatable bonds is 2. The summed E-state index contributed by atoms with van der Waals surface area (Å²) in [5, 5.41) is 3.35. The Bertz CT molecular complexity index is 507. The Balaban J connectivity index is 2.14. The molecule has 0 saturated carbocycles. The van der Waals surface area contributed by atoms with Gasteiger partial charge in [0.2, 0.25) is 0 Å². The first kappa shape index (κ1) is 11.2. The van der Waals surface area contributed by atoms with Gasteiger partial charge in [0.05, 0.1) is 11.8 Å². The molecule has 0 aliphatic heterocycles. The van der Waals surface area contributed by atoms with E-state index in [2.05, 4.69) is 21.2 Å². The molecular weight excluding hydrogens is 293 g/mol. The number of furan rings is 1. The maximum atomic E-state index is 11.7. The van der Waals surface area contributed by atoms with Gasteiger partial charge in [-0.2, -0.15) is 0 Å². The van der Waals surface area contributed by atoms with Gasteiger partial charge < -0.3 is 9.73 Å². The Morgan fingerprint density at radius 1 is 1.25 bits per heavy atom. The van der Waals surface area contributed by atoms with E-state index in [1.807, 2.05) is 0 Å². The fraction of sp³-hybridized carbons (Fsp3) is 0. The molecule has 0 bridgehead atoms. The van der Waals surface area contributed by atoms with Gasteiger partial charge in [-0.05, 0) is 46.3 Å². The van der Waals surface area contributed by atoms with Crippen molar-refractivity contribution in [2.75, 3.05) is 5.32 Å². The second kappa shape index (κ2) is 4.72. The highest BCUT2D eigenvalue weighted by Crippen LogP contribution is 2.20.